The Bertz CT molecular complexity index is 353. The van der Waals surface area contributed by atoms with Crippen LogP contribution in [0.5, 0.6) is 0 Å². The van der Waals surface area contributed by atoms with E-state index in [1.807, 2.05) is 0 Å². The molecule has 0 aromatic carbocycles. The van der Waals surface area contributed by atoms with E-state index < -0.39 is 27.3 Å². The molecule has 0 bridgehead atoms. The largest absolute Gasteiger partial charge is 0.481 e. The number of thioether (sulfide) groups is 1. The van der Waals surface area contributed by atoms with E-state index in [0.29, 0.717) is 12.3 Å². The van der Waals surface area contributed by atoms with E-state index in [9.17, 15) is 13.2 Å². The number of carboxylic acid groups (broad SMARTS) is 1. The second-order valence-corrected chi connectivity index (χ2v) is 7.62. The molecule has 1 heterocycles. The van der Waals surface area contributed by atoms with Gasteiger partial charge in [-0.05, 0) is 13.8 Å². The van der Waals surface area contributed by atoms with E-state index in [1.165, 1.54) is 4.31 Å². The number of carboxylic acids is 1. The number of carbonyl (C=O) groups is 1. The minimum absolute atomic E-state index is 0.112. The number of rotatable bonds is 4. The van der Waals surface area contributed by atoms with Crippen LogP contribution in [0.2, 0.25) is 0 Å². The molecule has 0 aromatic rings. The number of aliphatic carboxylic acids is 1. The van der Waals surface area contributed by atoms with Crippen molar-refractivity contribution in [2.24, 2.45) is 0 Å². The lowest BCUT2D eigenvalue weighted by molar-refractivity contribution is -0.137. The van der Waals surface area contributed by atoms with Gasteiger partial charge < -0.3 is 5.11 Å². The minimum Gasteiger partial charge on any atom is -0.481 e. The SMILES string of the molecule is CC(C)S(=O)(=O)N1CCSCC1CC(=O)O. The molecule has 1 unspecified atom stereocenters. The topological polar surface area (TPSA) is 74.7 Å². The number of hydrogen-bond donors (Lipinski definition) is 1. The van der Waals surface area contributed by atoms with Crippen molar-refractivity contribution >= 4 is 27.8 Å². The van der Waals surface area contributed by atoms with Crippen LogP contribution in [0, 0.1) is 0 Å². The molecule has 5 nitrogen and oxygen atoms in total. The van der Waals surface area contributed by atoms with Crippen molar-refractivity contribution in [2.45, 2.75) is 31.6 Å². The zero-order chi connectivity index (χ0) is 12.3. The zero-order valence-electron chi connectivity index (χ0n) is 9.42. The third-order valence-corrected chi connectivity index (χ3v) is 5.92. The molecule has 0 amide bonds. The fourth-order valence-electron chi connectivity index (χ4n) is 1.61. The highest BCUT2D eigenvalue weighted by molar-refractivity contribution is 7.99. The summed E-state index contributed by atoms with van der Waals surface area (Å²) in [5.41, 5.74) is 0. The summed E-state index contributed by atoms with van der Waals surface area (Å²) >= 11 is 1.61. The lowest BCUT2D eigenvalue weighted by Gasteiger charge is -2.34. The normalized spacial score (nSPS) is 23.6. The van der Waals surface area contributed by atoms with Gasteiger partial charge in [0.25, 0.3) is 0 Å². The number of nitrogens with zero attached hydrogens (tertiary/aromatic N) is 1. The van der Waals surface area contributed by atoms with Gasteiger partial charge in [0.05, 0.1) is 11.7 Å². The Morgan fingerprint density at radius 3 is 2.69 bits per heavy atom. The van der Waals surface area contributed by atoms with Gasteiger partial charge in [-0.3, -0.25) is 4.79 Å². The molecule has 0 radical (unpaired) electrons. The Labute approximate surface area is 100 Å². The molecule has 1 aliphatic heterocycles. The molecule has 0 spiro atoms. The summed E-state index contributed by atoms with van der Waals surface area (Å²) in [6.45, 7) is 3.66. The second-order valence-electron chi connectivity index (χ2n) is 4.03. The molecule has 0 aliphatic carbocycles. The first-order chi connectivity index (χ1) is 7.35. The molecule has 7 heteroatoms. The van der Waals surface area contributed by atoms with Crippen LogP contribution in [-0.2, 0) is 14.8 Å². The van der Waals surface area contributed by atoms with E-state index in [0.717, 1.165) is 5.75 Å². The molecule has 1 saturated heterocycles. The van der Waals surface area contributed by atoms with Crippen molar-refractivity contribution in [1.29, 1.82) is 0 Å². The van der Waals surface area contributed by atoms with Crippen molar-refractivity contribution in [3.05, 3.63) is 0 Å². The van der Waals surface area contributed by atoms with Gasteiger partial charge in [0.1, 0.15) is 0 Å². The van der Waals surface area contributed by atoms with Crippen LogP contribution in [0.15, 0.2) is 0 Å². The molecule has 0 saturated carbocycles. The molecule has 1 fully saturated rings. The maximum atomic E-state index is 12.0. The molecule has 94 valence electrons. The van der Waals surface area contributed by atoms with Crippen LogP contribution < -0.4 is 0 Å². The van der Waals surface area contributed by atoms with Crippen molar-refractivity contribution in [3.63, 3.8) is 0 Å². The summed E-state index contributed by atoms with van der Waals surface area (Å²) in [5.74, 6) is 0.358. The van der Waals surface area contributed by atoms with E-state index >= 15 is 0 Å². The summed E-state index contributed by atoms with van der Waals surface area (Å²) in [5, 5.41) is 8.26. The fraction of sp³-hybridized carbons (Fsp3) is 0.889. The van der Waals surface area contributed by atoms with E-state index in [4.69, 9.17) is 5.11 Å². The standard InChI is InChI=1S/C9H17NO4S2/c1-7(2)16(13,14)10-3-4-15-6-8(10)5-9(11)12/h7-8H,3-6H2,1-2H3,(H,11,12). The van der Waals surface area contributed by atoms with Crippen molar-refractivity contribution in [2.75, 3.05) is 18.1 Å². The van der Waals surface area contributed by atoms with Crippen molar-refractivity contribution < 1.29 is 18.3 Å². The molecule has 0 aromatic heterocycles. The molecular weight excluding hydrogens is 250 g/mol. The monoisotopic (exact) mass is 267 g/mol. The molecule has 1 N–H and O–H groups in total. The van der Waals surface area contributed by atoms with Gasteiger partial charge in [-0.1, -0.05) is 0 Å². The van der Waals surface area contributed by atoms with Crippen molar-refractivity contribution in [3.8, 4) is 0 Å². The maximum absolute atomic E-state index is 12.0. The van der Waals surface area contributed by atoms with Crippen LogP contribution in [0.1, 0.15) is 20.3 Å². The van der Waals surface area contributed by atoms with Gasteiger partial charge in [-0.2, -0.15) is 16.1 Å². The average Bonchev–Trinajstić information content (AvgIpc) is 2.17. The van der Waals surface area contributed by atoms with Crippen LogP contribution in [0.3, 0.4) is 0 Å². The first kappa shape index (κ1) is 13.8. The third kappa shape index (κ3) is 3.11. The second kappa shape index (κ2) is 5.37. The predicted octanol–water partition coefficient (Wildman–Crippen LogP) is 0.617. The van der Waals surface area contributed by atoms with Crippen LogP contribution in [0.25, 0.3) is 0 Å². The van der Waals surface area contributed by atoms with E-state index in [1.54, 1.807) is 25.6 Å². The lowest BCUT2D eigenvalue weighted by atomic mass is 10.2. The summed E-state index contributed by atoms with van der Waals surface area (Å²) < 4.78 is 25.4. The van der Waals surface area contributed by atoms with Gasteiger partial charge in [0, 0.05) is 24.1 Å². The molecule has 1 aliphatic rings. The fourth-order valence-corrected chi connectivity index (χ4v) is 4.33. The third-order valence-electron chi connectivity index (χ3n) is 2.51. The average molecular weight is 267 g/mol. The Balaban J connectivity index is 2.86. The summed E-state index contributed by atoms with van der Waals surface area (Å²) in [6, 6.07) is -0.399. The highest BCUT2D eigenvalue weighted by Gasteiger charge is 2.35. The van der Waals surface area contributed by atoms with Gasteiger partial charge in [-0.25, -0.2) is 8.42 Å². The van der Waals surface area contributed by atoms with Gasteiger partial charge in [-0.15, -0.1) is 0 Å². The quantitative estimate of drug-likeness (QED) is 0.808. The van der Waals surface area contributed by atoms with E-state index in [2.05, 4.69) is 0 Å². The smallest absolute Gasteiger partial charge is 0.305 e. The minimum atomic E-state index is -3.34. The first-order valence-corrected chi connectivity index (χ1v) is 7.81. The highest BCUT2D eigenvalue weighted by atomic mass is 32.2. The van der Waals surface area contributed by atoms with Crippen LogP contribution in [0.4, 0.5) is 0 Å². The molecular formula is C9H17NO4S2. The van der Waals surface area contributed by atoms with Gasteiger partial charge >= 0.3 is 5.97 Å². The molecule has 1 atom stereocenters. The Morgan fingerprint density at radius 1 is 1.56 bits per heavy atom. The maximum Gasteiger partial charge on any atom is 0.305 e. The Kier molecular flexibility index (Phi) is 4.63. The molecule has 1 rings (SSSR count). The highest BCUT2D eigenvalue weighted by Crippen LogP contribution is 2.24. The lowest BCUT2D eigenvalue weighted by Crippen LogP contribution is -2.49. The van der Waals surface area contributed by atoms with Crippen molar-refractivity contribution in [1.82, 2.24) is 4.31 Å². The predicted molar refractivity (Wildman–Crippen MR) is 64.1 cm³/mol. The number of hydrogen-bond acceptors (Lipinski definition) is 4. The Morgan fingerprint density at radius 2 is 2.19 bits per heavy atom. The van der Waals surface area contributed by atoms with Gasteiger partial charge in [0.2, 0.25) is 10.0 Å². The summed E-state index contributed by atoms with van der Waals surface area (Å²) in [4.78, 5) is 10.7. The summed E-state index contributed by atoms with van der Waals surface area (Å²) in [6.07, 6.45) is -0.112. The first-order valence-electron chi connectivity index (χ1n) is 5.16. The Hall–Kier alpha value is -0.270. The number of sulfonamides is 1. The van der Waals surface area contributed by atoms with Gasteiger partial charge in [0.15, 0.2) is 0 Å². The zero-order valence-corrected chi connectivity index (χ0v) is 11.1. The van der Waals surface area contributed by atoms with Crippen LogP contribution in [-0.4, -0.2) is 53.1 Å². The molecule has 16 heavy (non-hydrogen) atoms. The summed E-state index contributed by atoms with van der Waals surface area (Å²) in [7, 11) is -3.34. The van der Waals surface area contributed by atoms with E-state index in [-0.39, 0.29) is 6.42 Å². The van der Waals surface area contributed by atoms with Crippen LogP contribution >= 0.6 is 11.8 Å².